The number of carbonyl (C=O) groups is 1. The minimum Gasteiger partial charge on any atom is -0.497 e. The molecule has 0 amide bonds. The number of fused-ring (bicyclic) bond motifs is 1. The smallest absolute Gasteiger partial charge is 0.374 e. The van der Waals surface area contributed by atoms with Gasteiger partial charge in [0.05, 0.1) is 24.8 Å². The van der Waals surface area contributed by atoms with Crippen LogP contribution >= 0.6 is 0 Å². The average molecular weight is 234 g/mol. The van der Waals surface area contributed by atoms with E-state index in [4.69, 9.17) is 9.47 Å². The molecule has 5 heteroatoms. The van der Waals surface area contributed by atoms with E-state index in [1.165, 1.54) is 0 Å². The zero-order valence-electron chi connectivity index (χ0n) is 10.1. The van der Waals surface area contributed by atoms with Gasteiger partial charge < -0.3 is 14.0 Å². The van der Waals surface area contributed by atoms with Crippen molar-refractivity contribution in [3.63, 3.8) is 0 Å². The number of aromatic nitrogens is 2. The van der Waals surface area contributed by atoms with E-state index in [-0.39, 0.29) is 0 Å². The van der Waals surface area contributed by atoms with Gasteiger partial charge in [-0.3, -0.25) is 0 Å². The summed E-state index contributed by atoms with van der Waals surface area (Å²) in [6.45, 7) is 2.11. The highest BCUT2D eigenvalue weighted by Gasteiger charge is 2.16. The van der Waals surface area contributed by atoms with Crippen molar-refractivity contribution in [2.24, 2.45) is 7.05 Å². The maximum absolute atomic E-state index is 11.7. The minimum atomic E-state index is -0.412. The van der Waals surface area contributed by atoms with Gasteiger partial charge in [-0.25, -0.2) is 9.78 Å². The highest BCUT2D eigenvalue weighted by molar-refractivity contribution is 5.91. The van der Waals surface area contributed by atoms with Crippen LogP contribution < -0.4 is 4.74 Å². The van der Waals surface area contributed by atoms with Gasteiger partial charge in [-0.2, -0.15) is 0 Å². The van der Waals surface area contributed by atoms with E-state index >= 15 is 0 Å². The summed E-state index contributed by atoms with van der Waals surface area (Å²) in [5.41, 5.74) is 1.59. The van der Waals surface area contributed by atoms with E-state index in [1.54, 1.807) is 31.7 Å². The van der Waals surface area contributed by atoms with Gasteiger partial charge in [0.2, 0.25) is 5.82 Å². The zero-order chi connectivity index (χ0) is 12.4. The Morgan fingerprint density at radius 1 is 1.47 bits per heavy atom. The van der Waals surface area contributed by atoms with Crippen molar-refractivity contribution in [1.29, 1.82) is 0 Å². The van der Waals surface area contributed by atoms with E-state index in [0.29, 0.717) is 18.2 Å². The lowest BCUT2D eigenvalue weighted by Gasteiger charge is -2.01. The molecule has 2 aromatic rings. The Balaban J connectivity index is 2.52. The van der Waals surface area contributed by atoms with E-state index in [2.05, 4.69) is 4.98 Å². The summed E-state index contributed by atoms with van der Waals surface area (Å²) in [6.07, 6.45) is 0. The van der Waals surface area contributed by atoms with Crippen LogP contribution in [-0.4, -0.2) is 29.2 Å². The maximum atomic E-state index is 11.7. The van der Waals surface area contributed by atoms with E-state index in [0.717, 1.165) is 11.0 Å². The summed E-state index contributed by atoms with van der Waals surface area (Å²) < 4.78 is 11.8. The first-order valence-corrected chi connectivity index (χ1v) is 5.35. The summed E-state index contributed by atoms with van der Waals surface area (Å²) in [6, 6.07) is 5.49. The molecule has 0 unspecified atom stereocenters. The summed E-state index contributed by atoms with van der Waals surface area (Å²) in [5.74, 6) is 0.603. The topological polar surface area (TPSA) is 53.4 Å². The molecule has 0 aliphatic rings. The molecule has 0 saturated heterocycles. The largest absolute Gasteiger partial charge is 0.497 e. The van der Waals surface area contributed by atoms with Gasteiger partial charge in [0, 0.05) is 13.1 Å². The van der Waals surface area contributed by atoms with Crippen LogP contribution in [0.5, 0.6) is 5.75 Å². The number of nitrogens with zero attached hydrogens (tertiary/aromatic N) is 2. The Kier molecular flexibility index (Phi) is 2.99. The third kappa shape index (κ3) is 1.95. The second kappa shape index (κ2) is 4.45. The fourth-order valence-corrected chi connectivity index (χ4v) is 1.68. The minimum absolute atomic E-state index is 0.301. The van der Waals surface area contributed by atoms with Crippen LogP contribution in [0, 0.1) is 0 Å². The molecular formula is C12H14N2O3. The standard InChI is InChI=1S/C12H14N2O3/c1-4-17-12(15)11-13-9-7-8(16-3)5-6-10(9)14(11)2/h5-7H,4H2,1-3H3. The maximum Gasteiger partial charge on any atom is 0.374 e. The molecule has 0 bridgehead atoms. The molecule has 1 aromatic carbocycles. The number of ether oxygens (including phenoxy) is 2. The number of aryl methyl sites for hydroxylation is 1. The molecular weight excluding hydrogens is 220 g/mol. The number of imidazole rings is 1. The number of benzene rings is 1. The Hall–Kier alpha value is -2.04. The molecule has 1 heterocycles. The molecule has 17 heavy (non-hydrogen) atoms. The number of hydrogen-bond acceptors (Lipinski definition) is 4. The molecule has 1 aromatic heterocycles. The van der Waals surface area contributed by atoms with Crippen molar-refractivity contribution in [3.8, 4) is 5.75 Å². The summed E-state index contributed by atoms with van der Waals surface area (Å²) in [5, 5.41) is 0. The van der Waals surface area contributed by atoms with Crippen LogP contribution in [0.15, 0.2) is 18.2 Å². The molecule has 90 valence electrons. The van der Waals surface area contributed by atoms with Crippen molar-refractivity contribution in [2.45, 2.75) is 6.92 Å². The summed E-state index contributed by atoms with van der Waals surface area (Å²) in [7, 11) is 3.38. The van der Waals surface area contributed by atoms with Crippen molar-refractivity contribution < 1.29 is 14.3 Å². The van der Waals surface area contributed by atoms with Crippen LogP contribution in [0.2, 0.25) is 0 Å². The summed E-state index contributed by atoms with van der Waals surface area (Å²) in [4.78, 5) is 15.9. The first kappa shape index (κ1) is 11.4. The van der Waals surface area contributed by atoms with Gasteiger partial charge >= 0.3 is 5.97 Å². The molecule has 2 rings (SSSR count). The number of rotatable bonds is 3. The Morgan fingerprint density at radius 3 is 2.88 bits per heavy atom. The van der Waals surface area contributed by atoms with Gasteiger partial charge in [0.25, 0.3) is 0 Å². The lowest BCUT2D eigenvalue weighted by molar-refractivity contribution is 0.0508. The van der Waals surface area contributed by atoms with Crippen LogP contribution in [0.4, 0.5) is 0 Å². The van der Waals surface area contributed by atoms with Crippen LogP contribution in [-0.2, 0) is 11.8 Å². The van der Waals surface area contributed by atoms with Crippen LogP contribution in [0.25, 0.3) is 11.0 Å². The lowest BCUT2D eigenvalue weighted by atomic mass is 10.3. The van der Waals surface area contributed by atoms with E-state index in [9.17, 15) is 4.79 Å². The third-order valence-electron chi connectivity index (χ3n) is 2.55. The molecule has 0 atom stereocenters. The second-order valence-corrected chi connectivity index (χ2v) is 3.57. The molecule has 5 nitrogen and oxygen atoms in total. The zero-order valence-corrected chi connectivity index (χ0v) is 10.1. The van der Waals surface area contributed by atoms with Crippen molar-refractivity contribution in [2.75, 3.05) is 13.7 Å². The molecule has 0 aliphatic heterocycles. The van der Waals surface area contributed by atoms with Crippen molar-refractivity contribution >= 4 is 17.0 Å². The van der Waals surface area contributed by atoms with Crippen molar-refractivity contribution in [3.05, 3.63) is 24.0 Å². The average Bonchev–Trinajstić information content (AvgIpc) is 2.66. The number of esters is 1. The predicted molar refractivity (Wildman–Crippen MR) is 63.2 cm³/mol. The number of methoxy groups -OCH3 is 1. The van der Waals surface area contributed by atoms with Crippen LogP contribution in [0.1, 0.15) is 17.5 Å². The van der Waals surface area contributed by atoms with Gasteiger partial charge in [-0.05, 0) is 19.1 Å². The Bertz CT molecular complexity index is 560. The third-order valence-corrected chi connectivity index (χ3v) is 2.55. The molecule has 0 aliphatic carbocycles. The Labute approximate surface area is 99.0 Å². The quantitative estimate of drug-likeness (QED) is 0.759. The highest BCUT2D eigenvalue weighted by Crippen LogP contribution is 2.21. The second-order valence-electron chi connectivity index (χ2n) is 3.57. The first-order chi connectivity index (χ1) is 8.17. The number of carbonyl (C=O) groups excluding carboxylic acids is 1. The molecule has 0 N–H and O–H groups in total. The SMILES string of the molecule is CCOC(=O)c1nc2cc(OC)ccc2n1C. The van der Waals surface area contributed by atoms with Gasteiger partial charge in [-0.15, -0.1) is 0 Å². The molecule has 0 saturated carbocycles. The predicted octanol–water partition coefficient (Wildman–Crippen LogP) is 1.76. The first-order valence-electron chi connectivity index (χ1n) is 5.35. The monoisotopic (exact) mass is 234 g/mol. The van der Waals surface area contributed by atoms with E-state index in [1.807, 2.05) is 12.1 Å². The Morgan fingerprint density at radius 2 is 2.24 bits per heavy atom. The lowest BCUT2D eigenvalue weighted by Crippen LogP contribution is -2.11. The van der Waals surface area contributed by atoms with E-state index < -0.39 is 5.97 Å². The van der Waals surface area contributed by atoms with Gasteiger partial charge in [0.1, 0.15) is 5.75 Å². The molecule has 0 spiro atoms. The van der Waals surface area contributed by atoms with Crippen LogP contribution in [0.3, 0.4) is 0 Å². The van der Waals surface area contributed by atoms with Gasteiger partial charge in [-0.1, -0.05) is 0 Å². The normalized spacial score (nSPS) is 10.5. The summed E-state index contributed by atoms with van der Waals surface area (Å²) >= 11 is 0. The van der Waals surface area contributed by atoms with Gasteiger partial charge in [0.15, 0.2) is 0 Å². The highest BCUT2D eigenvalue weighted by atomic mass is 16.5. The fraction of sp³-hybridized carbons (Fsp3) is 0.333. The van der Waals surface area contributed by atoms with Crippen molar-refractivity contribution in [1.82, 2.24) is 9.55 Å². The fourth-order valence-electron chi connectivity index (χ4n) is 1.68. The molecule has 0 radical (unpaired) electrons. The number of hydrogen-bond donors (Lipinski definition) is 0. The molecule has 0 fully saturated rings.